The van der Waals surface area contributed by atoms with Gasteiger partial charge in [-0.1, -0.05) is 0 Å². The number of aromatic nitrogens is 2. The molecule has 0 radical (unpaired) electrons. The summed E-state index contributed by atoms with van der Waals surface area (Å²) >= 11 is 0. The molecular weight excluding hydrogens is 260 g/mol. The fourth-order valence-electron chi connectivity index (χ4n) is 2.28. The van der Waals surface area contributed by atoms with E-state index in [0.717, 1.165) is 13.1 Å². The lowest BCUT2D eigenvalue weighted by atomic mass is 10.2. The second-order valence-electron chi connectivity index (χ2n) is 4.88. The number of aliphatic hydroxyl groups excluding tert-OH is 1. The minimum Gasteiger partial charge on any atom is -0.389 e. The highest BCUT2D eigenvalue weighted by Gasteiger charge is 2.23. The number of aliphatic hydroxyl groups is 1. The molecule has 1 fully saturated rings. The fraction of sp³-hybridized carbons (Fsp3) is 0.692. The number of hydrogen-bond acceptors (Lipinski definition) is 5. The molecular formula is C13H22N4O3. The number of piperazine rings is 1. The molecule has 1 saturated heterocycles. The molecule has 112 valence electrons. The van der Waals surface area contributed by atoms with E-state index in [1.807, 2.05) is 6.92 Å². The third-order valence-electron chi connectivity index (χ3n) is 3.37. The molecule has 0 saturated carbocycles. The molecule has 1 atom stereocenters. The number of H-pyrrole nitrogens is 1. The maximum absolute atomic E-state index is 12.1. The van der Waals surface area contributed by atoms with E-state index in [2.05, 4.69) is 15.1 Å². The average Bonchev–Trinajstić information content (AvgIpc) is 2.99. The van der Waals surface area contributed by atoms with E-state index in [0.29, 0.717) is 38.5 Å². The van der Waals surface area contributed by atoms with Gasteiger partial charge in [-0.15, -0.1) is 0 Å². The molecule has 7 nitrogen and oxygen atoms in total. The molecule has 1 amide bonds. The zero-order valence-corrected chi connectivity index (χ0v) is 11.8. The molecule has 1 aliphatic heterocycles. The standard InChI is InChI=1S/C13H22N4O3/c1-2-20-10-11(18)9-16-5-7-17(8-6-16)13(19)12-3-4-14-15-12/h3-4,11,18H,2,5-10H2,1H3,(H,14,15)/t11-/m1/s1. The Morgan fingerprint density at radius 1 is 1.50 bits per heavy atom. The molecule has 2 N–H and O–H groups in total. The second-order valence-corrected chi connectivity index (χ2v) is 4.88. The summed E-state index contributed by atoms with van der Waals surface area (Å²) in [5, 5.41) is 16.3. The Morgan fingerprint density at radius 3 is 2.85 bits per heavy atom. The zero-order valence-electron chi connectivity index (χ0n) is 11.8. The summed E-state index contributed by atoms with van der Waals surface area (Å²) in [7, 11) is 0. The molecule has 2 rings (SSSR count). The van der Waals surface area contributed by atoms with Crippen LogP contribution in [0.4, 0.5) is 0 Å². The summed E-state index contributed by atoms with van der Waals surface area (Å²) in [5.41, 5.74) is 0.523. The highest BCUT2D eigenvalue weighted by molar-refractivity contribution is 5.92. The van der Waals surface area contributed by atoms with Crippen LogP contribution in [0.15, 0.2) is 12.3 Å². The van der Waals surface area contributed by atoms with Crippen molar-refractivity contribution in [2.75, 3.05) is 45.9 Å². The monoisotopic (exact) mass is 282 g/mol. The number of carbonyl (C=O) groups excluding carboxylic acids is 1. The van der Waals surface area contributed by atoms with Gasteiger partial charge in [-0.3, -0.25) is 14.8 Å². The normalized spacial score (nSPS) is 18.2. The van der Waals surface area contributed by atoms with Crippen LogP contribution in [0.2, 0.25) is 0 Å². The maximum atomic E-state index is 12.1. The molecule has 1 aromatic rings. The van der Waals surface area contributed by atoms with E-state index >= 15 is 0 Å². The van der Waals surface area contributed by atoms with Crippen LogP contribution >= 0.6 is 0 Å². The largest absolute Gasteiger partial charge is 0.389 e. The van der Waals surface area contributed by atoms with E-state index in [9.17, 15) is 9.90 Å². The molecule has 7 heteroatoms. The second kappa shape index (κ2) is 7.37. The van der Waals surface area contributed by atoms with Crippen molar-refractivity contribution in [1.82, 2.24) is 20.0 Å². The van der Waals surface area contributed by atoms with Gasteiger partial charge in [-0.25, -0.2) is 0 Å². The van der Waals surface area contributed by atoms with Crippen molar-refractivity contribution in [2.45, 2.75) is 13.0 Å². The summed E-state index contributed by atoms with van der Waals surface area (Å²) in [5.74, 6) is -0.0167. The van der Waals surface area contributed by atoms with Crippen molar-refractivity contribution < 1.29 is 14.6 Å². The Kier molecular flexibility index (Phi) is 5.51. The smallest absolute Gasteiger partial charge is 0.271 e. The van der Waals surface area contributed by atoms with Crippen molar-refractivity contribution >= 4 is 5.91 Å². The summed E-state index contributed by atoms with van der Waals surface area (Å²) in [6, 6.07) is 1.68. The highest BCUT2D eigenvalue weighted by atomic mass is 16.5. The summed E-state index contributed by atoms with van der Waals surface area (Å²) in [6.45, 7) is 6.34. The van der Waals surface area contributed by atoms with Crippen molar-refractivity contribution in [2.24, 2.45) is 0 Å². The first-order valence-electron chi connectivity index (χ1n) is 6.97. The number of hydrogen-bond donors (Lipinski definition) is 2. The van der Waals surface area contributed by atoms with Crippen molar-refractivity contribution in [3.05, 3.63) is 18.0 Å². The number of nitrogens with zero attached hydrogens (tertiary/aromatic N) is 3. The Balaban J connectivity index is 1.73. The van der Waals surface area contributed by atoms with E-state index < -0.39 is 6.10 Å². The van der Waals surface area contributed by atoms with Gasteiger partial charge < -0.3 is 14.7 Å². The molecule has 1 aliphatic rings. The predicted molar refractivity (Wildman–Crippen MR) is 73.4 cm³/mol. The minimum absolute atomic E-state index is 0.0167. The summed E-state index contributed by atoms with van der Waals surface area (Å²) < 4.78 is 5.19. The predicted octanol–water partition coefficient (Wildman–Crippen LogP) is -0.435. The van der Waals surface area contributed by atoms with Gasteiger partial charge in [-0.2, -0.15) is 5.10 Å². The first kappa shape index (κ1) is 15.0. The molecule has 0 spiro atoms. The Labute approximate surface area is 118 Å². The highest BCUT2D eigenvalue weighted by Crippen LogP contribution is 2.07. The average molecular weight is 282 g/mol. The minimum atomic E-state index is -0.468. The first-order chi connectivity index (χ1) is 9.70. The van der Waals surface area contributed by atoms with E-state index in [-0.39, 0.29) is 5.91 Å². The van der Waals surface area contributed by atoms with Crippen LogP contribution < -0.4 is 0 Å². The number of rotatable bonds is 6. The Morgan fingerprint density at radius 2 is 2.25 bits per heavy atom. The molecule has 0 aromatic carbocycles. The molecule has 0 aliphatic carbocycles. The van der Waals surface area contributed by atoms with Crippen LogP contribution in [-0.2, 0) is 4.74 Å². The van der Waals surface area contributed by atoms with Crippen LogP contribution in [0.3, 0.4) is 0 Å². The molecule has 0 bridgehead atoms. The van der Waals surface area contributed by atoms with Gasteiger partial charge in [0.05, 0.1) is 12.7 Å². The number of nitrogens with one attached hydrogen (secondary N) is 1. The number of aromatic amines is 1. The topological polar surface area (TPSA) is 81.7 Å². The van der Waals surface area contributed by atoms with Crippen LogP contribution in [0.5, 0.6) is 0 Å². The van der Waals surface area contributed by atoms with Gasteiger partial charge >= 0.3 is 0 Å². The van der Waals surface area contributed by atoms with Crippen molar-refractivity contribution in [3.63, 3.8) is 0 Å². The number of β-amino-alcohol motifs (C(OH)–C–C–N with tert-alkyl or cyclic N) is 1. The lowest BCUT2D eigenvalue weighted by Gasteiger charge is -2.35. The fourth-order valence-corrected chi connectivity index (χ4v) is 2.28. The van der Waals surface area contributed by atoms with E-state index in [1.54, 1.807) is 17.2 Å². The van der Waals surface area contributed by atoms with Gasteiger partial charge in [0.25, 0.3) is 5.91 Å². The molecule has 0 unspecified atom stereocenters. The SMILES string of the molecule is CCOC[C@H](O)CN1CCN(C(=O)c2ccn[nH]2)CC1. The van der Waals surface area contributed by atoms with E-state index in [4.69, 9.17) is 4.74 Å². The third-order valence-corrected chi connectivity index (χ3v) is 3.37. The molecule has 2 heterocycles. The third kappa shape index (κ3) is 4.03. The van der Waals surface area contributed by atoms with Crippen molar-refractivity contribution in [1.29, 1.82) is 0 Å². The van der Waals surface area contributed by atoms with Gasteiger partial charge in [0.2, 0.25) is 0 Å². The summed E-state index contributed by atoms with van der Waals surface area (Å²) in [4.78, 5) is 16.1. The number of amides is 1. The lowest BCUT2D eigenvalue weighted by molar-refractivity contribution is 0.0110. The van der Waals surface area contributed by atoms with E-state index in [1.165, 1.54) is 0 Å². The van der Waals surface area contributed by atoms with Crippen LogP contribution in [0.1, 0.15) is 17.4 Å². The molecule has 20 heavy (non-hydrogen) atoms. The first-order valence-corrected chi connectivity index (χ1v) is 6.97. The van der Waals surface area contributed by atoms with Gasteiger partial charge in [0, 0.05) is 45.5 Å². The van der Waals surface area contributed by atoms with Crippen LogP contribution in [0, 0.1) is 0 Å². The Bertz CT molecular complexity index is 402. The lowest BCUT2D eigenvalue weighted by Crippen LogP contribution is -2.50. The van der Waals surface area contributed by atoms with Gasteiger partial charge in [0.15, 0.2) is 0 Å². The summed E-state index contributed by atoms with van der Waals surface area (Å²) in [6.07, 6.45) is 1.11. The van der Waals surface area contributed by atoms with Gasteiger partial charge in [-0.05, 0) is 13.0 Å². The maximum Gasteiger partial charge on any atom is 0.271 e. The Hall–Kier alpha value is -1.44. The zero-order chi connectivity index (χ0) is 14.4. The van der Waals surface area contributed by atoms with Gasteiger partial charge in [0.1, 0.15) is 5.69 Å². The number of carbonyl (C=O) groups is 1. The van der Waals surface area contributed by atoms with Crippen LogP contribution in [-0.4, -0.2) is 83.1 Å². The quantitative estimate of drug-likeness (QED) is 0.739. The molecule has 1 aromatic heterocycles. The van der Waals surface area contributed by atoms with Crippen molar-refractivity contribution in [3.8, 4) is 0 Å². The van der Waals surface area contributed by atoms with Crippen LogP contribution in [0.25, 0.3) is 0 Å². The number of ether oxygens (including phenoxy) is 1.